The molecule has 0 bridgehead atoms. The first-order chi connectivity index (χ1) is 19.6. The second-order valence-electron chi connectivity index (χ2n) is 9.53. The monoisotopic (exact) mass is 598 g/mol. The van der Waals surface area contributed by atoms with E-state index in [1.54, 1.807) is 55.5 Å². The molecule has 3 aromatic carbocycles. The number of rotatable bonds is 13. The standard InChI is InChI=1S/C30H32Cl2N4O5/c1-19(2)15-26(35-29(38)20(3)41-27-14-11-22(31)16-25(27)32)30(39)36-33-17-21-9-12-24(13-10-21)40-18-28(37)34-23-7-5-4-6-8-23/h4-14,16-17,19-20,26H,15,18H2,1-3H3,(H,34,37)(H,35,38)(H,36,39)/b33-17-/t20-,26-/m1/s1. The maximum Gasteiger partial charge on any atom is 0.262 e. The van der Waals surface area contributed by atoms with Gasteiger partial charge in [0.25, 0.3) is 17.7 Å². The van der Waals surface area contributed by atoms with Crippen molar-refractivity contribution in [3.05, 3.63) is 88.4 Å². The number of carbonyl (C=O) groups excluding carboxylic acids is 3. The van der Waals surface area contributed by atoms with E-state index in [1.807, 2.05) is 32.0 Å². The number of nitrogens with one attached hydrogen (secondary N) is 3. The van der Waals surface area contributed by atoms with Gasteiger partial charge in [-0.1, -0.05) is 55.2 Å². The molecule has 41 heavy (non-hydrogen) atoms. The van der Waals surface area contributed by atoms with Crippen LogP contribution in [0.15, 0.2) is 77.9 Å². The summed E-state index contributed by atoms with van der Waals surface area (Å²) in [5.41, 5.74) is 3.86. The molecule has 0 heterocycles. The highest BCUT2D eigenvalue weighted by atomic mass is 35.5. The van der Waals surface area contributed by atoms with Crippen molar-refractivity contribution in [1.29, 1.82) is 0 Å². The number of hydrogen-bond donors (Lipinski definition) is 3. The third-order valence-corrected chi connectivity index (χ3v) is 6.13. The number of carbonyl (C=O) groups is 3. The smallest absolute Gasteiger partial charge is 0.262 e. The maximum absolute atomic E-state index is 12.8. The molecular formula is C30H32Cl2N4O5. The Kier molecular flexibility index (Phi) is 12.0. The van der Waals surface area contributed by atoms with Crippen molar-refractivity contribution in [3.63, 3.8) is 0 Å². The summed E-state index contributed by atoms with van der Waals surface area (Å²) >= 11 is 12.0. The highest BCUT2D eigenvalue weighted by Crippen LogP contribution is 2.28. The highest BCUT2D eigenvalue weighted by molar-refractivity contribution is 6.35. The first-order valence-corrected chi connectivity index (χ1v) is 13.7. The van der Waals surface area contributed by atoms with Gasteiger partial charge >= 0.3 is 0 Å². The molecule has 11 heteroatoms. The Morgan fingerprint density at radius 1 is 0.927 bits per heavy atom. The Labute approximate surface area is 249 Å². The van der Waals surface area contributed by atoms with Crippen molar-refractivity contribution < 1.29 is 23.9 Å². The predicted octanol–water partition coefficient (Wildman–Crippen LogP) is 5.46. The SMILES string of the molecule is CC(C)C[C@@H](NC(=O)[C@@H](C)Oc1ccc(Cl)cc1Cl)C(=O)N/N=C\c1ccc(OCC(=O)Nc2ccccc2)cc1. The van der Waals surface area contributed by atoms with Gasteiger partial charge in [0.05, 0.1) is 11.2 Å². The van der Waals surface area contributed by atoms with Crippen LogP contribution in [0.3, 0.4) is 0 Å². The summed E-state index contributed by atoms with van der Waals surface area (Å²) in [6.07, 6.45) is 0.947. The third kappa shape index (κ3) is 10.8. The molecule has 216 valence electrons. The second-order valence-corrected chi connectivity index (χ2v) is 10.4. The molecule has 3 N–H and O–H groups in total. The summed E-state index contributed by atoms with van der Waals surface area (Å²) in [4.78, 5) is 37.7. The number of benzene rings is 3. The number of hydrazone groups is 1. The Hall–Kier alpha value is -4.08. The van der Waals surface area contributed by atoms with Crippen molar-refractivity contribution in [2.75, 3.05) is 11.9 Å². The number of anilines is 1. The lowest BCUT2D eigenvalue weighted by atomic mass is 10.0. The quantitative estimate of drug-likeness (QED) is 0.178. The number of ether oxygens (including phenoxy) is 2. The van der Waals surface area contributed by atoms with Gasteiger partial charge in [-0.15, -0.1) is 0 Å². The lowest BCUT2D eigenvalue weighted by molar-refractivity contribution is -0.132. The molecule has 0 saturated heterocycles. The van der Waals surface area contributed by atoms with Gasteiger partial charge in [-0.3, -0.25) is 14.4 Å². The topological polar surface area (TPSA) is 118 Å². The molecule has 0 spiro atoms. The Morgan fingerprint density at radius 3 is 2.29 bits per heavy atom. The van der Waals surface area contributed by atoms with Gasteiger partial charge in [0.2, 0.25) is 0 Å². The molecule has 2 atom stereocenters. The molecule has 0 saturated carbocycles. The van der Waals surface area contributed by atoms with E-state index in [1.165, 1.54) is 12.3 Å². The van der Waals surface area contributed by atoms with Crippen LogP contribution in [0.4, 0.5) is 5.69 Å². The van der Waals surface area contributed by atoms with Gasteiger partial charge in [0.1, 0.15) is 17.5 Å². The Balaban J connectivity index is 1.49. The van der Waals surface area contributed by atoms with Crippen molar-refractivity contribution in [2.24, 2.45) is 11.0 Å². The predicted molar refractivity (Wildman–Crippen MR) is 161 cm³/mol. The lowest BCUT2D eigenvalue weighted by Crippen LogP contribution is -2.49. The van der Waals surface area contributed by atoms with Gasteiger partial charge in [0, 0.05) is 10.7 Å². The van der Waals surface area contributed by atoms with E-state index in [-0.39, 0.29) is 23.5 Å². The molecule has 0 aliphatic carbocycles. The van der Waals surface area contributed by atoms with Crippen LogP contribution in [0, 0.1) is 5.92 Å². The second kappa shape index (κ2) is 15.6. The van der Waals surface area contributed by atoms with E-state index in [2.05, 4.69) is 21.2 Å². The van der Waals surface area contributed by atoms with Crippen molar-refractivity contribution in [1.82, 2.24) is 10.7 Å². The largest absolute Gasteiger partial charge is 0.484 e. The van der Waals surface area contributed by atoms with E-state index in [0.29, 0.717) is 34.2 Å². The zero-order valence-electron chi connectivity index (χ0n) is 22.9. The van der Waals surface area contributed by atoms with Crippen LogP contribution in [-0.2, 0) is 14.4 Å². The number of amides is 3. The molecule has 0 aliphatic heterocycles. The molecule has 9 nitrogen and oxygen atoms in total. The fraction of sp³-hybridized carbons (Fsp3) is 0.267. The number of hydrogen-bond acceptors (Lipinski definition) is 6. The summed E-state index contributed by atoms with van der Waals surface area (Å²) in [7, 11) is 0. The van der Waals surface area contributed by atoms with Crippen molar-refractivity contribution in [3.8, 4) is 11.5 Å². The number of nitrogens with zero attached hydrogens (tertiary/aromatic N) is 1. The van der Waals surface area contributed by atoms with Crippen LogP contribution < -0.4 is 25.5 Å². The van der Waals surface area contributed by atoms with Crippen LogP contribution in [0.2, 0.25) is 10.0 Å². The van der Waals surface area contributed by atoms with E-state index >= 15 is 0 Å². The lowest BCUT2D eigenvalue weighted by Gasteiger charge is -2.22. The minimum atomic E-state index is -0.912. The summed E-state index contributed by atoms with van der Waals surface area (Å²) in [6, 6.07) is 19.8. The number of halogens is 2. The van der Waals surface area contributed by atoms with Crippen LogP contribution in [-0.4, -0.2) is 42.7 Å². The Bertz CT molecular complexity index is 1350. The van der Waals surface area contributed by atoms with Crippen LogP contribution in [0.5, 0.6) is 11.5 Å². The Morgan fingerprint density at radius 2 is 1.63 bits per heavy atom. The summed E-state index contributed by atoms with van der Waals surface area (Å²) in [5, 5.41) is 10.2. The molecule has 3 rings (SSSR count). The van der Waals surface area contributed by atoms with Crippen LogP contribution in [0.1, 0.15) is 32.8 Å². The van der Waals surface area contributed by atoms with E-state index < -0.39 is 24.0 Å². The molecule has 0 aliphatic rings. The zero-order valence-corrected chi connectivity index (χ0v) is 24.4. The highest BCUT2D eigenvalue weighted by Gasteiger charge is 2.25. The molecule has 0 aromatic heterocycles. The fourth-order valence-corrected chi connectivity index (χ4v) is 4.03. The molecule has 3 amide bonds. The van der Waals surface area contributed by atoms with Gasteiger partial charge in [-0.05, 0) is 79.4 Å². The maximum atomic E-state index is 12.8. The van der Waals surface area contributed by atoms with Gasteiger partial charge in [-0.2, -0.15) is 5.10 Å². The third-order valence-electron chi connectivity index (χ3n) is 5.60. The molecule has 0 fully saturated rings. The average Bonchev–Trinajstić information content (AvgIpc) is 2.94. The van der Waals surface area contributed by atoms with Crippen molar-refractivity contribution >= 4 is 52.8 Å². The number of para-hydroxylation sites is 1. The molecule has 0 radical (unpaired) electrons. The van der Waals surface area contributed by atoms with Gasteiger partial charge < -0.3 is 20.1 Å². The summed E-state index contributed by atoms with van der Waals surface area (Å²) < 4.78 is 11.2. The van der Waals surface area contributed by atoms with E-state index in [4.69, 9.17) is 32.7 Å². The van der Waals surface area contributed by atoms with E-state index in [0.717, 1.165) is 0 Å². The van der Waals surface area contributed by atoms with Gasteiger partial charge in [-0.25, -0.2) is 5.43 Å². The molecular weight excluding hydrogens is 567 g/mol. The molecule has 3 aromatic rings. The van der Waals surface area contributed by atoms with Crippen LogP contribution in [0.25, 0.3) is 0 Å². The van der Waals surface area contributed by atoms with Crippen LogP contribution >= 0.6 is 23.2 Å². The van der Waals surface area contributed by atoms with Gasteiger partial charge in [0.15, 0.2) is 12.7 Å². The minimum Gasteiger partial charge on any atom is -0.484 e. The van der Waals surface area contributed by atoms with E-state index in [9.17, 15) is 14.4 Å². The average molecular weight is 600 g/mol. The first-order valence-electron chi connectivity index (χ1n) is 12.9. The zero-order chi connectivity index (χ0) is 29.8. The first kappa shape index (κ1) is 31.4. The minimum absolute atomic E-state index is 0.124. The summed E-state index contributed by atoms with van der Waals surface area (Å²) in [5.74, 6) is -0.287. The molecule has 0 unspecified atom stereocenters. The fourth-order valence-electron chi connectivity index (χ4n) is 3.57. The normalized spacial score (nSPS) is 12.4. The van der Waals surface area contributed by atoms with Crippen molar-refractivity contribution in [2.45, 2.75) is 39.3 Å². The summed E-state index contributed by atoms with van der Waals surface area (Å²) in [6.45, 7) is 5.31.